The Morgan fingerprint density at radius 3 is 2.42 bits per heavy atom. The molecule has 1 amide bonds. The number of carbonyl (C=O) groups is 2. The van der Waals surface area contributed by atoms with Crippen LogP contribution in [0.1, 0.15) is 13.8 Å². The summed E-state index contributed by atoms with van der Waals surface area (Å²) in [6.07, 6.45) is -1.04. The summed E-state index contributed by atoms with van der Waals surface area (Å²) in [4.78, 5) is 22.1. The van der Waals surface area contributed by atoms with Crippen LogP contribution in [0.3, 0.4) is 0 Å². The Morgan fingerprint density at radius 2 is 1.89 bits per heavy atom. The van der Waals surface area contributed by atoms with Crippen molar-refractivity contribution in [2.24, 2.45) is 0 Å². The van der Waals surface area contributed by atoms with Crippen LogP contribution in [0, 0.1) is 11.6 Å². The summed E-state index contributed by atoms with van der Waals surface area (Å²) < 4.78 is 30.7. The first-order valence-electron chi connectivity index (χ1n) is 5.46. The van der Waals surface area contributed by atoms with E-state index in [2.05, 4.69) is 5.32 Å². The Labute approximate surface area is 108 Å². The highest BCUT2D eigenvalue weighted by Gasteiger charge is 2.20. The van der Waals surface area contributed by atoms with Crippen LogP contribution >= 0.6 is 0 Å². The van der Waals surface area contributed by atoms with Crippen LogP contribution in [0.5, 0.6) is 5.75 Å². The Kier molecular flexibility index (Phi) is 4.80. The number of halogens is 2. The lowest BCUT2D eigenvalue weighted by Crippen LogP contribution is -2.44. The van der Waals surface area contributed by atoms with Crippen molar-refractivity contribution in [2.75, 3.05) is 0 Å². The third kappa shape index (κ3) is 4.20. The first kappa shape index (κ1) is 14.9. The number of aliphatic carboxylic acids is 1. The van der Waals surface area contributed by atoms with Crippen molar-refractivity contribution < 1.29 is 28.2 Å². The molecule has 1 aromatic rings. The van der Waals surface area contributed by atoms with Crippen LogP contribution in [0.4, 0.5) is 8.78 Å². The summed E-state index contributed by atoms with van der Waals surface area (Å²) in [5.74, 6) is -3.99. The van der Waals surface area contributed by atoms with Gasteiger partial charge in [0.25, 0.3) is 5.91 Å². The van der Waals surface area contributed by atoms with Crippen molar-refractivity contribution in [3.63, 3.8) is 0 Å². The summed E-state index contributed by atoms with van der Waals surface area (Å²) >= 11 is 0. The fourth-order valence-electron chi connectivity index (χ4n) is 1.20. The van der Waals surface area contributed by atoms with Crippen LogP contribution in [0.25, 0.3) is 0 Å². The number of carboxylic acids is 1. The van der Waals surface area contributed by atoms with E-state index >= 15 is 0 Å². The molecule has 0 aliphatic carbocycles. The molecule has 5 nitrogen and oxygen atoms in total. The summed E-state index contributed by atoms with van der Waals surface area (Å²) in [6, 6.07) is 1.78. The van der Waals surface area contributed by atoms with Gasteiger partial charge in [0, 0.05) is 6.07 Å². The van der Waals surface area contributed by atoms with E-state index in [1.165, 1.54) is 19.9 Å². The third-order valence-electron chi connectivity index (χ3n) is 2.30. The summed E-state index contributed by atoms with van der Waals surface area (Å²) in [5.41, 5.74) is 0. The van der Waals surface area contributed by atoms with E-state index in [0.29, 0.717) is 0 Å². The van der Waals surface area contributed by atoms with Crippen molar-refractivity contribution in [1.29, 1.82) is 0 Å². The molecule has 1 rings (SSSR count). The molecule has 0 aromatic heterocycles. The zero-order valence-electron chi connectivity index (χ0n) is 10.3. The molecule has 0 saturated heterocycles. The molecule has 1 aromatic carbocycles. The van der Waals surface area contributed by atoms with Gasteiger partial charge in [0.05, 0.1) is 0 Å². The van der Waals surface area contributed by atoms with E-state index < -0.39 is 35.7 Å². The van der Waals surface area contributed by atoms with Gasteiger partial charge < -0.3 is 15.2 Å². The molecule has 0 aliphatic rings. The van der Waals surface area contributed by atoms with Gasteiger partial charge in [0.1, 0.15) is 11.8 Å². The number of carbonyl (C=O) groups excluding carboxylic acids is 1. The maximum Gasteiger partial charge on any atom is 0.325 e. The maximum atomic E-state index is 12.9. The Balaban J connectivity index is 2.63. The molecule has 0 heterocycles. The molecule has 0 spiro atoms. The number of nitrogens with one attached hydrogen (secondary N) is 1. The summed E-state index contributed by atoms with van der Waals surface area (Å²) in [7, 11) is 0. The molecular formula is C12H13F2NO4. The SMILES string of the molecule is CC(Oc1ccc(F)c(F)c1)C(=O)N[C@H](C)C(=O)O. The number of hydrogen-bond donors (Lipinski definition) is 2. The quantitative estimate of drug-likeness (QED) is 0.848. The number of hydrogen-bond acceptors (Lipinski definition) is 3. The molecule has 0 fully saturated rings. The van der Waals surface area contributed by atoms with Crippen LogP contribution in [-0.2, 0) is 9.59 Å². The van der Waals surface area contributed by atoms with Crippen molar-refractivity contribution in [2.45, 2.75) is 26.0 Å². The topological polar surface area (TPSA) is 75.6 Å². The van der Waals surface area contributed by atoms with E-state index in [0.717, 1.165) is 12.1 Å². The van der Waals surface area contributed by atoms with E-state index in [1.807, 2.05) is 0 Å². The highest BCUT2D eigenvalue weighted by atomic mass is 19.2. The molecule has 19 heavy (non-hydrogen) atoms. The molecule has 0 radical (unpaired) electrons. The molecule has 0 aliphatic heterocycles. The number of amides is 1. The molecule has 104 valence electrons. The highest BCUT2D eigenvalue weighted by Crippen LogP contribution is 2.16. The van der Waals surface area contributed by atoms with Gasteiger partial charge in [0.2, 0.25) is 0 Å². The van der Waals surface area contributed by atoms with Crippen molar-refractivity contribution in [3.05, 3.63) is 29.8 Å². The van der Waals surface area contributed by atoms with Gasteiger partial charge in [-0.05, 0) is 26.0 Å². The molecular weight excluding hydrogens is 260 g/mol. The number of ether oxygens (including phenoxy) is 1. The average molecular weight is 273 g/mol. The zero-order valence-corrected chi connectivity index (χ0v) is 10.3. The van der Waals surface area contributed by atoms with Gasteiger partial charge in [-0.25, -0.2) is 8.78 Å². The number of rotatable bonds is 5. The minimum atomic E-state index is -1.19. The lowest BCUT2D eigenvalue weighted by molar-refractivity contribution is -0.142. The second-order valence-electron chi connectivity index (χ2n) is 3.90. The molecule has 2 atom stereocenters. The van der Waals surface area contributed by atoms with E-state index in [4.69, 9.17) is 9.84 Å². The van der Waals surface area contributed by atoms with Gasteiger partial charge in [-0.15, -0.1) is 0 Å². The predicted molar refractivity (Wildman–Crippen MR) is 61.7 cm³/mol. The Hall–Kier alpha value is -2.18. The van der Waals surface area contributed by atoms with Gasteiger partial charge >= 0.3 is 5.97 Å². The molecule has 0 bridgehead atoms. The third-order valence-corrected chi connectivity index (χ3v) is 2.30. The van der Waals surface area contributed by atoms with Crippen molar-refractivity contribution in [1.82, 2.24) is 5.32 Å². The number of carboxylic acid groups (broad SMARTS) is 1. The molecule has 0 saturated carbocycles. The first-order chi connectivity index (χ1) is 8.81. The van der Waals surface area contributed by atoms with Gasteiger partial charge in [-0.1, -0.05) is 0 Å². The van der Waals surface area contributed by atoms with Crippen molar-refractivity contribution >= 4 is 11.9 Å². The molecule has 2 N–H and O–H groups in total. The lowest BCUT2D eigenvalue weighted by Gasteiger charge is -2.16. The monoisotopic (exact) mass is 273 g/mol. The van der Waals surface area contributed by atoms with Crippen LogP contribution in [0.2, 0.25) is 0 Å². The zero-order chi connectivity index (χ0) is 14.6. The van der Waals surface area contributed by atoms with Gasteiger partial charge in [0.15, 0.2) is 17.7 Å². The number of benzene rings is 1. The Bertz CT molecular complexity index is 493. The second-order valence-corrected chi connectivity index (χ2v) is 3.90. The highest BCUT2D eigenvalue weighted by molar-refractivity contribution is 5.86. The maximum absolute atomic E-state index is 12.9. The lowest BCUT2D eigenvalue weighted by atomic mass is 10.3. The summed E-state index contributed by atoms with van der Waals surface area (Å²) in [5, 5.41) is 10.8. The first-order valence-corrected chi connectivity index (χ1v) is 5.46. The van der Waals surface area contributed by atoms with Crippen molar-refractivity contribution in [3.8, 4) is 5.75 Å². The smallest absolute Gasteiger partial charge is 0.325 e. The fourth-order valence-corrected chi connectivity index (χ4v) is 1.20. The Morgan fingerprint density at radius 1 is 1.26 bits per heavy atom. The minimum absolute atomic E-state index is 0.0236. The van der Waals surface area contributed by atoms with E-state index in [9.17, 15) is 18.4 Å². The van der Waals surface area contributed by atoms with Crippen LogP contribution in [-0.4, -0.2) is 29.1 Å². The van der Waals surface area contributed by atoms with E-state index in [-0.39, 0.29) is 5.75 Å². The summed E-state index contributed by atoms with van der Waals surface area (Å²) in [6.45, 7) is 2.66. The second kappa shape index (κ2) is 6.12. The molecule has 1 unspecified atom stereocenters. The predicted octanol–water partition coefficient (Wildman–Crippen LogP) is 1.32. The van der Waals surface area contributed by atoms with Crippen LogP contribution < -0.4 is 10.1 Å². The van der Waals surface area contributed by atoms with Gasteiger partial charge in [-0.3, -0.25) is 9.59 Å². The van der Waals surface area contributed by atoms with E-state index in [1.54, 1.807) is 0 Å². The molecule has 7 heteroatoms. The van der Waals surface area contributed by atoms with Crippen LogP contribution in [0.15, 0.2) is 18.2 Å². The largest absolute Gasteiger partial charge is 0.481 e. The minimum Gasteiger partial charge on any atom is -0.481 e. The standard InChI is InChI=1S/C12H13F2NO4/c1-6(12(17)18)15-11(16)7(2)19-8-3-4-9(13)10(14)5-8/h3-7H,1-2H3,(H,15,16)(H,17,18)/t6-,7?/m1/s1. The van der Waals surface area contributed by atoms with Gasteiger partial charge in [-0.2, -0.15) is 0 Å². The normalized spacial score (nSPS) is 13.5. The average Bonchev–Trinajstić information content (AvgIpc) is 2.33. The fraction of sp³-hybridized carbons (Fsp3) is 0.333.